The van der Waals surface area contributed by atoms with Crippen molar-refractivity contribution < 1.29 is 8.42 Å². The van der Waals surface area contributed by atoms with Crippen LogP contribution in [0.25, 0.3) is 0 Å². The molecule has 1 fully saturated rings. The molecule has 1 atom stereocenters. The van der Waals surface area contributed by atoms with Crippen LogP contribution in [-0.2, 0) is 9.84 Å². The molecule has 4 heteroatoms. The average molecular weight is 191 g/mol. The predicted octanol–water partition coefficient (Wildman–Crippen LogP) is 0.548. The molecule has 0 amide bonds. The van der Waals surface area contributed by atoms with Crippen LogP contribution in [0.2, 0.25) is 0 Å². The number of sulfone groups is 1. The summed E-state index contributed by atoms with van der Waals surface area (Å²) in [4.78, 5) is 0. The molecule has 0 bridgehead atoms. The zero-order chi connectivity index (χ0) is 9.41. The van der Waals surface area contributed by atoms with Crippen LogP contribution in [0, 0.1) is 5.41 Å². The monoisotopic (exact) mass is 191 g/mol. The SMILES string of the molecule is CC1(C(N)CCS(C)(=O)=O)CC1. The Bertz CT molecular complexity index is 254. The zero-order valence-corrected chi connectivity index (χ0v) is 8.52. The van der Waals surface area contributed by atoms with Gasteiger partial charge in [0.1, 0.15) is 9.84 Å². The van der Waals surface area contributed by atoms with Crippen LogP contribution >= 0.6 is 0 Å². The van der Waals surface area contributed by atoms with Crippen molar-refractivity contribution >= 4 is 9.84 Å². The van der Waals surface area contributed by atoms with Crippen LogP contribution in [0.1, 0.15) is 26.2 Å². The molecule has 0 aliphatic heterocycles. The highest BCUT2D eigenvalue weighted by Crippen LogP contribution is 2.48. The summed E-state index contributed by atoms with van der Waals surface area (Å²) in [5.41, 5.74) is 6.10. The number of rotatable bonds is 4. The van der Waals surface area contributed by atoms with E-state index in [2.05, 4.69) is 6.92 Å². The van der Waals surface area contributed by atoms with E-state index in [9.17, 15) is 8.42 Å². The van der Waals surface area contributed by atoms with Crippen molar-refractivity contribution in [1.29, 1.82) is 0 Å². The summed E-state index contributed by atoms with van der Waals surface area (Å²) in [5, 5.41) is 0. The minimum absolute atomic E-state index is 0.0622. The zero-order valence-electron chi connectivity index (χ0n) is 7.71. The fourth-order valence-corrected chi connectivity index (χ4v) is 1.94. The molecule has 1 aliphatic carbocycles. The molecule has 2 N–H and O–H groups in total. The molecule has 1 rings (SSSR count). The lowest BCUT2D eigenvalue weighted by Crippen LogP contribution is -2.31. The van der Waals surface area contributed by atoms with Gasteiger partial charge in [0, 0.05) is 12.3 Å². The highest BCUT2D eigenvalue weighted by Gasteiger charge is 2.42. The molecule has 0 aromatic rings. The molecule has 72 valence electrons. The van der Waals surface area contributed by atoms with E-state index in [0.29, 0.717) is 6.42 Å². The lowest BCUT2D eigenvalue weighted by molar-refractivity contribution is 0.424. The van der Waals surface area contributed by atoms with Crippen molar-refractivity contribution in [2.75, 3.05) is 12.0 Å². The van der Waals surface area contributed by atoms with E-state index in [1.54, 1.807) is 0 Å². The van der Waals surface area contributed by atoms with Crippen LogP contribution in [0.5, 0.6) is 0 Å². The van der Waals surface area contributed by atoms with Crippen LogP contribution in [0.4, 0.5) is 0 Å². The summed E-state index contributed by atoms with van der Waals surface area (Å²) in [6, 6.07) is 0.0622. The molecule has 1 unspecified atom stereocenters. The Morgan fingerprint density at radius 1 is 1.50 bits per heavy atom. The minimum Gasteiger partial charge on any atom is -0.327 e. The second-order valence-corrected chi connectivity index (χ2v) is 6.44. The maximum atomic E-state index is 10.8. The van der Waals surface area contributed by atoms with Crippen molar-refractivity contribution in [2.24, 2.45) is 11.1 Å². The molecule has 12 heavy (non-hydrogen) atoms. The topological polar surface area (TPSA) is 60.2 Å². The average Bonchev–Trinajstić information content (AvgIpc) is 2.62. The Balaban J connectivity index is 2.33. The standard InChI is InChI=1S/C8H17NO2S/c1-8(4-5-8)7(9)3-6-12(2,10)11/h7H,3-6,9H2,1-2H3. The second-order valence-electron chi connectivity index (χ2n) is 4.18. The first-order chi connectivity index (χ1) is 5.33. The van der Waals surface area contributed by atoms with Crippen LogP contribution in [0.15, 0.2) is 0 Å². The molecule has 1 aliphatic rings. The van der Waals surface area contributed by atoms with Gasteiger partial charge in [-0.05, 0) is 24.7 Å². The highest BCUT2D eigenvalue weighted by atomic mass is 32.2. The Morgan fingerprint density at radius 3 is 2.33 bits per heavy atom. The fourth-order valence-electron chi connectivity index (χ4n) is 1.26. The summed E-state index contributed by atoms with van der Waals surface area (Å²) in [6.45, 7) is 2.12. The Labute approximate surface area is 74.3 Å². The number of hydrogen-bond acceptors (Lipinski definition) is 3. The van der Waals surface area contributed by atoms with Gasteiger partial charge in [0.05, 0.1) is 5.75 Å². The van der Waals surface area contributed by atoms with Crippen molar-refractivity contribution in [2.45, 2.75) is 32.2 Å². The van der Waals surface area contributed by atoms with Gasteiger partial charge in [-0.2, -0.15) is 0 Å². The highest BCUT2D eigenvalue weighted by molar-refractivity contribution is 7.90. The molecule has 0 radical (unpaired) electrons. The van der Waals surface area contributed by atoms with E-state index in [0.717, 1.165) is 12.8 Å². The number of hydrogen-bond donors (Lipinski definition) is 1. The summed E-state index contributed by atoms with van der Waals surface area (Å²) < 4.78 is 21.7. The molecule has 3 nitrogen and oxygen atoms in total. The fraction of sp³-hybridized carbons (Fsp3) is 1.00. The van der Waals surface area contributed by atoms with Gasteiger partial charge in [-0.1, -0.05) is 6.92 Å². The Morgan fingerprint density at radius 2 is 2.00 bits per heavy atom. The summed E-state index contributed by atoms with van der Waals surface area (Å²) in [7, 11) is -2.83. The Kier molecular flexibility index (Phi) is 2.50. The van der Waals surface area contributed by atoms with E-state index in [4.69, 9.17) is 5.73 Å². The molecule has 0 aromatic carbocycles. The third-order valence-corrected chi connectivity index (χ3v) is 3.71. The molecule has 0 saturated heterocycles. The quantitative estimate of drug-likeness (QED) is 0.706. The third kappa shape index (κ3) is 2.75. The molecular weight excluding hydrogens is 174 g/mol. The molecule has 0 spiro atoms. The second kappa shape index (κ2) is 3.00. The van der Waals surface area contributed by atoms with E-state index < -0.39 is 9.84 Å². The van der Waals surface area contributed by atoms with E-state index in [-0.39, 0.29) is 17.2 Å². The molecule has 1 saturated carbocycles. The maximum absolute atomic E-state index is 10.8. The number of nitrogens with two attached hydrogens (primary N) is 1. The van der Waals surface area contributed by atoms with Crippen LogP contribution in [0.3, 0.4) is 0 Å². The van der Waals surface area contributed by atoms with Crippen molar-refractivity contribution in [3.8, 4) is 0 Å². The van der Waals surface area contributed by atoms with Gasteiger partial charge < -0.3 is 5.73 Å². The molecule has 0 heterocycles. The smallest absolute Gasteiger partial charge is 0.147 e. The van der Waals surface area contributed by atoms with E-state index in [1.165, 1.54) is 6.26 Å². The van der Waals surface area contributed by atoms with Crippen LogP contribution < -0.4 is 5.73 Å². The summed E-state index contributed by atoms with van der Waals surface area (Å²) in [6.07, 6.45) is 4.17. The first-order valence-corrected chi connectivity index (χ1v) is 6.33. The third-order valence-electron chi connectivity index (χ3n) is 2.73. The molecular formula is C8H17NO2S. The summed E-state index contributed by atoms with van der Waals surface area (Å²) >= 11 is 0. The maximum Gasteiger partial charge on any atom is 0.147 e. The van der Waals surface area contributed by atoms with Crippen LogP contribution in [-0.4, -0.2) is 26.5 Å². The first-order valence-electron chi connectivity index (χ1n) is 4.27. The van der Waals surface area contributed by atoms with Gasteiger partial charge in [0.2, 0.25) is 0 Å². The van der Waals surface area contributed by atoms with E-state index >= 15 is 0 Å². The lowest BCUT2D eigenvalue weighted by Gasteiger charge is -2.17. The van der Waals surface area contributed by atoms with Gasteiger partial charge in [-0.15, -0.1) is 0 Å². The first kappa shape index (κ1) is 9.99. The molecule has 0 aromatic heterocycles. The van der Waals surface area contributed by atoms with E-state index in [1.807, 2.05) is 0 Å². The van der Waals surface area contributed by atoms with Crippen molar-refractivity contribution in [3.05, 3.63) is 0 Å². The van der Waals surface area contributed by atoms with Gasteiger partial charge >= 0.3 is 0 Å². The summed E-state index contributed by atoms with van der Waals surface area (Å²) in [5.74, 6) is 0.226. The lowest BCUT2D eigenvalue weighted by atomic mass is 9.98. The van der Waals surface area contributed by atoms with Gasteiger partial charge in [0.25, 0.3) is 0 Å². The van der Waals surface area contributed by atoms with Gasteiger partial charge in [0.15, 0.2) is 0 Å². The largest absolute Gasteiger partial charge is 0.327 e. The van der Waals surface area contributed by atoms with Gasteiger partial charge in [-0.3, -0.25) is 0 Å². The van der Waals surface area contributed by atoms with Gasteiger partial charge in [-0.25, -0.2) is 8.42 Å². The predicted molar refractivity (Wildman–Crippen MR) is 49.6 cm³/mol. The van der Waals surface area contributed by atoms with Crippen molar-refractivity contribution in [3.63, 3.8) is 0 Å². The Hall–Kier alpha value is -0.0900. The minimum atomic E-state index is -2.83. The van der Waals surface area contributed by atoms with Crippen molar-refractivity contribution in [1.82, 2.24) is 0 Å². The normalized spacial score (nSPS) is 23.6.